The van der Waals surface area contributed by atoms with Crippen LogP contribution in [-0.2, 0) is 20.8 Å². The second kappa shape index (κ2) is 4.43. The zero-order chi connectivity index (χ0) is 14.6. The molecule has 1 fully saturated rings. The van der Waals surface area contributed by atoms with E-state index in [2.05, 4.69) is 0 Å². The summed E-state index contributed by atoms with van der Waals surface area (Å²) < 4.78 is 12.6. The number of hydrogen-bond donors (Lipinski definition) is 1. The summed E-state index contributed by atoms with van der Waals surface area (Å²) in [4.78, 5) is 23.1. The van der Waals surface area contributed by atoms with Crippen LogP contribution in [0, 0.1) is 12.8 Å². The van der Waals surface area contributed by atoms with Gasteiger partial charge >= 0.3 is 5.97 Å². The maximum Gasteiger partial charge on any atom is 0.377 e. The molecular weight excluding hydrogens is 262 g/mol. The monoisotopic (exact) mass is 279 g/mol. The van der Waals surface area contributed by atoms with Crippen LogP contribution >= 0.6 is 0 Å². The minimum atomic E-state index is -1.41. The van der Waals surface area contributed by atoms with Gasteiger partial charge in [-0.1, -0.05) is 0 Å². The zero-order valence-corrected chi connectivity index (χ0v) is 11.7. The fraction of sp³-hybridized carbons (Fsp3) is 0.571. The Labute approximate surface area is 116 Å². The summed E-state index contributed by atoms with van der Waals surface area (Å²) in [7, 11) is 3.06. The lowest BCUT2D eigenvalue weighted by atomic mass is 10.0. The molecule has 0 radical (unpaired) electrons. The Balaban J connectivity index is 2.18. The van der Waals surface area contributed by atoms with E-state index in [1.807, 2.05) is 4.57 Å². The average molecular weight is 279 g/mol. The molecule has 1 aromatic heterocycles. The van der Waals surface area contributed by atoms with Gasteiger partial charge in [0.1, 0.15) is 0 Å². The van der Waals surface area contributed by atoms with Crippen LogP contribution < -0.4 is 0 Å². The number of carbonyl (C=O) groups is 2. The second-order valence-corrected chi connectivity index (χ2v) is 5.42. The first-order chi connectivity index (χ1) is 9.51. The number of ketones is 1. The van der Waals surface area contributed by atoms with Gasteiger partial charge in [-0.05, 0) is 24.8 Å². The van der Waals surface area contributed by atoms with E-state index in [1.54, 1.807) is 6.92 Å². The van der Waals surface area contributed by atoms with Gasteiger partial charge in [-0.2, -0.15) is 0 Å². The molecule has 2 aliphatic rings. The maximum atomic E-state index is 12.0. The highest BCUT2D eigenvalue weighted by atomic mass is 16.7. The van der Waals surface area contributed by atoms with Gasteiger partial charge in [0.25, 0.3) is 5.78 Å². The molecule has 0 amide bonds. The number of ether oxygens (including phenoxy) is 2. The van der Waals surface area contributed by atoms with E-state index in [9.17, 15) is 9.59 Å². The number of methoxy groups -OCH3 is 2. The van der Waals surface area contributed by atoms with E-state index in [-0.39, 0.29) is 0 Å². The van der Waals surface area contributed by atoms with Crippen LogP contribution in [0.5, 0.6) is 0 Å². The number of aliphatic carboxylic acids is 1. The highest BCUT2D eigenvalue weighted by Crippen LogP contribution is 2.57. The van der Waals surface area contributed by atoms with Crippen molar-refractivity contribution >= 4 is 11.8 Å². The van der Waals surface area contributed by atoms with E-state index in [1.165, 1.54) is 14.2 Å². The van der Waals surface area contributed by atoms with Crippen molar-refractivity contribution in [2.24, 2.45) is 5.92 Å². The molecule has 2 atom stereocenters. The van der Waals surface area contributed by atoms with Crippen LogP contribution in [0.25, 0.3) is 0 Å². The Hall–Kier alpha value is -1.66. The van der Waals surface area contributed by atoms with Crippen molar-refractivity contribution in [3.8, 4) is 0 Å². The molecule has 1 saturated carbocycles. The summed E-state index contributed by atoms with van der Waals surface area (Å²) in [6.07, 6.45) is 0.453. The summed E-state index contributed by atoms with van der Waals surface area (Å²) in [5, 5.41) is 9.03. The summed E-state index contributed by atoms with van der Waals surface area (Å²) in [6, 6.07) is 0. The summed E-state index contributed by atoms with van der Waals surface area (Å²) in [6.45, 7) is 2.57. The molecule has 6 heteroatoms. The Morgan fingerprint density at radius 3 is 2.55 bits per heavy atom. The first kappa shape index (κ1) is 13.3. The predicted molar refractivity (Wildman–Crippen MR) is 68.7 cm³/mol. The average Bonchev–Trinajstić information content (AvgIpc) is 3.00. The largest absolute Gasteiger partial charge is 0.475 e. The Morgan fingerprint density at radius 2 is 2.00 bits per heavy atom. The van der Waals surface area contributed by atoms with Gasteiger partial charge in [-0.3, -0.25) is 4.79 Å². The molecule has 3 rings (SSSR count). The molecule has 0 aromatic carbocycles. The number of nitrogens with zero attached hydrogens (tertiary/aromatic N) is 1. The SMILES string of the molecule is COC(OC)c1c(C)c(C(=O)C(=O)O)c2n1C[C@H]1C[C@@H]21. The molecule has 0 unspecified atom stereocenters. The van der Waals surface area contributed by atoms with Gasteiger partial charge < -0.3 is 19.1 Å². The van der Waals surface area contributed by atoms with Gasteiger partial charge in [-0.15, -0.1) is 0 Å². The van der Waals surface area contributed by atoms with Crippen molar-refractivity contribution < 1.29 is 24.2 Å². The van der Waals surface area contributed by atoms with E-state index < -0.39 is 18.0 Å². The van der Waals surface area contributed by atoms with Gasteiger partial charge in [0.05, 0.1) is 11.3 Å². The molecule has 0 spiro atoms. The predicted octanol–water partition coefficient (Wildman–Crippen LogP) is 1.47. The lowest BCUT2D eigenvalue weighted by Crippen LogP contribution is -2.15. The fourth-order valence-corrected chi connectivity index (χ4v) is 3.41. The Morgan fingerprint density at radius 1 is 1.35 bits per heavy atom. The normalized spacial score (nSPS) is 22.8. The molecule has 0 bridgehead atoms. The summed E-state index contributed by atoms with van der Waals surface area (Å²) in [5.41, 5.74) is 2.61. The molecule has 1 aromatic rings. The zero-order valence-electron chi connectivity index (χ0n) is 11.7. The van der Waals surface area contributed by atoms with E-state index in [0.29, 0.717) is 23.0 Å². The summed E-state index contributed by atoms with van der Waals surface area (Å²) in [5.74, 6) is -1.41. The van der Waals surface area contributed by atoms with Crippen molar-refractivity contribution in [2.45, 2.75) is 32.1 Å². The van der Waals surface area contributed by atoms with E-state index in [4.69, 9.17) is 14.6 Å². The third kappa shape index (κ3) is 1.65. The minimum Gasteiger partial charge on any atom is -0.475 e. The number of carboxylic acid groups (broad SMARTS) is 1. The van der Waals surface area contributed by atoms with Gasteiger partial charge in [0.15, 0.2) is 6.29 Å². The van der Waals surface area contributed by atoms with E-state index in [0.717, 1.165) is 24.4 Å². The van der Waals surface area contributed by atoms with E-state index >= 15 is 0 Å². The second-order valence-electron chi connectivity index (χ2n) is 5.42. The molecule has 1 aliphatic carbocycles. The molecule has 20 heavy (non-hydrogen) atoms. The number of aromatic nitrogens is 1. The minimum absolute atomic E-state index is 0.315. The molecule has 6 nitrogen and oxygen atoms in total. The molecule has 1 N–H and O–H groups in total. The molecule has 1 aliphatic heterocycles. The smallest absolute Gasteiger partial charge is 0.377 e. The lowest BCUT2D eigenvalue weighted by Gasteiger charge is -2.17. The fourth-order valence-electron chi connectivity index (χ4n) is 3.41. The van der Waals surface area contributed by atoms with Crippen molar-refractivity contribution in [2.75, 3.05) is 14.2 Å². The highest BCUT2D eigenvalue weighted by Gasteiger charge is 2.50. The van der Waals surface area contributed by atoms with Crippen molar-refractivity contribution in [3.05, 3.63) is 22.5 Å². The lowest BCUT2D eigenvalue weighted by molar-refractivity contribution is -0.131. The van der Waals surface area contributed by atoms with Gasteiger partial charge in [-0.25, -0.2) is 4.79 Å². The van der Waals surface area contributed by atoms with Crippen LogP contribution in [0.1, 0.15) is 45.9 Å². The number of carboxylic acids is 1. The third-order valence-electron chi connectivity index (χ3n) is 4.36. The Kier molecular flexibility index (Phi) is 2.95. The van der Waals surface area contributed by atoms with Crippen LogP contribution in [0.15, 0.2) is 0 Å². The van der Waals surface area contributed by atoms with Gasteiger partial charge in [0, 0.05) is 32.4 Å². The molecule has 2 heterocycles. The maximum absolute atomic E-state index is 12.0. The number of rotatable bonds is 5. The van der Waals surface area contributed by atoms with Crippen LogP contribution in [0.3, 0.4) is 0 Å². The number of hydrogen-bond acceptors (Lipinski definition) is 4. The number of carbonyl (C=O) groups excluding carboxylic acids is 1. The highest BCUT2D eigenvalue weighted by molar-refractivity contribution is 6.40. The topological polar surface area (TPSA) is 77.8 Å². The first-order valence-electron chi connectivity index (χ1n) is 6.57. The van der Waals surface area contributed by atoms with Crippen LogP contribution in [-0.4, -0.2) is 35.6 Å². The first-order valence-corrected chi connectivity index (χ1v) is 6.57. The third-order valence-corrected chi connectivity index (χ3v) is 4.36. The van der Waals surface area contributed by atoms with Crippen LogP contribution in [0.4, 0.5) is 0 Å². The molecule has 0 saturated heterocycles. The molecular formula is C14H17NO5. The molecule has 108 valence electrons. The Bertz CT molecular complexity index is 599. The van der Waals surface area contributed by atoms with Crippen molar-refractivity contribution in [3.63, 3.8) is 0 Å². The van der Waals surface area contributed by atoms with Crippen molar-refractivity contribution in [1.82, 2.24) is 4.57 Å². The van der Waals surface area contributed by atoms with Gasteiger partial charge in [0.2, 0.25) is 0 Å². The number of Topliss-reactive ketones (excluding diaryl/α,β-unsaturated/α-hetero) is 1. The number of fused-ring (bicyclic) bond motifs is 3. The van der Waals surface area contributed by atoms with Crippen LogP contribution in [0.2, 0.25) is 0 Å². The quantitative estimate of drug-likeness (QED) is 0.501. The standard InChI is InChI=1S/C14H17NO5/c1-6-9(12(16)13(17)18)11-8-4-7(8)5-15(11)10(6)14(19-2)20-3/h7-8,14H,4-5H2,1-3H3,(H,17,18)/t7-,8-/m1/s1. The summed E-state index contributed by atoms with van der Waals surface area (Å²) >= 11 is 0. The van der Waals surface area contributed by atoms with Crippen molar-refractivity contribution in [1.29, 1.82) is 0 Å².